The van der Waals surface area contributed by atoms with Gasteiger partial charge in [0.15, 0.2) is 6.29 Å². The highest BCUT2D eigenvalue weighted by atomic mass is 32.2. The SMILES string of the molecule is [2H]C([2H])([2H])C([2H])(C([2H])([2H])[2H])C([2H])([2H])N(C[C@@H](O)[C@H](Cc1ccccc1)NC(=O)O[C@]1([2H])[C@@H]2CCO[C@@H]2OC1([2H])[2H])S(=O)(=O)c1ccc2[nH]ccc2c1. The summed E-state index contributed by atoms with van der Waals surface area (Å²) in [5.41, 5.74) is 0.907. The molecule has 2 aliphatic heterocycles. The summed E-state index contributed by atoms with van der Waals surface area (Å²) in [4.78, 5) is 15.6. The molecule has 0 unspecified atom stereocenters. The van der Waals surface area contributed by atoms with Crippen LogP contribution in [-0.4, -0.2) is 79.6 Å². The van der Waals surface area contributed by atoms with Crippen molar-refractivity contribution in [3.8, 4) is 0 Å². The van der Waals surface area contributed by atoms with E-state index < -0.39 is 90.6 Å². The van der Waals surface area contributed by atoms with Gasteiger partial charge < -0.3 is 29.6 Å². The Balaban J connectivity index is 1.56. The zero-order valence-electron chi connectivity index (χ0n) is 33.2. The van der Waals surface area contributed by atoms with Gasteiger partial charge in [0.25, 0.3) is 0 Å². The van der Waals surface area contributed by atoms with E-state index in [1.54, 1.807) is 30.3 Å². The summed E-state index contributed by atoms with van der Waals surface area (Å²) in [6.45, 7) is -16.1. The van der Waals surface area contributed by atoms with E-state index in [1.807, 2.05) is 0 Å². The first-order valence-corrected chi connectivity index (χ1v) is 13.9. The molecule has 2 aromatic carbocycles. The summed E-state index contributed by atoms with van der Waals surface area (Å²) in [6, 6.07) is 11.4. The number of fused-ring (bicyclic) bond motifs is 2. The number of aromatic amines is 1. The van der Waals surface area contributed by atoms with Crippen molar-refractivity contribution in [1.29, 1.82) is 0 Å². The van der Waals surface area contributed by atoms with E-state index in [0.29, 0.717) is 16.5 Å². The molecule has 10 nitrogen and oxygen atoms in total. The third-order valence-electron chi connectivity index (χ3n) is 6.62. The fourth-order valence-electron chi connectivity index (χ4n) is 4.60. The van der Waals surface area contributed by atoms with Crippen molar-refractivity contribution in [3.63, 3.8) is 0 Å². The van der Waals surface area contributed by atoms with E-state index in [9.17, 15) is 18.3 Å². The van der Waals surface area contributed by atoms with Crippen LogP contribution in [0.25, 0.3) is 10.9 Å². The van der Waals surface area contributed by atoms with Gasteiger partial charge in [-0.05, 0) is 48.6 Å². The fraction of sp³-hybridized carbons (Fsp3) is 0.483. The first-order valence-electron chi connectivity index (χ1n) is 18.5. The van der Waals surface area contributed by atoms with Gasteiger partial charge in [-0.2, -0.15) is 4.31 Å². The molecule has 0 aliphatic carbocycles. The van der Waals surface area contributed by atoms with Crippen LogP contribution in [0.1, 0.15) is 42.1 Å². The Labute approximate surface area is 251 Å². The summed E-state index contributed by atoms with van der Waals surface area (Å²) in [6.07, 6.45) is -6.15. The molecule has 2 aliphatic rings. The molecule has 3 aromatic rings. The first-order chi connectivity index (χ1) is 23.9. The zero-order valence-corrected chi connectivity index (χ0v) is 22.0. The van der Waals surface area contributed by atoms with E-state index in [4.69, 9.17) is 30.7 Å². The molecule has 5 atom stereocenters. The lowest BCUT2D eigenvalue weighted by molar-refractivity contribution is -0.0907. The quantitative estimate of drug-likeness (QED) is 0.316. The largest absolute Gasteiger partial charge is 0.443 e. The number of hydrogen-bond donors (Lipinski definition) is 3. The average Bonchev–Trinajstić information content (AvgIpc) is 3.74. The van der Waals surface area contributed by atoms with Gasteiger partial charge in [-0.3, -0.25) is 0 Å². The number of nitrogens with one attached hydrogen (secondary N) is 2. The van der Waals surface area contributed by atoms with Crippen molar-refractivity contribution in [2.24, 2.45) is 11.8 Å². The van der Waals surface area contributed by atoms with E-state index in [-0.39, 0.29) is 23.8 Å². The topological polar surface area (TPSA) is 130 Å². The van der Waals surface area contributed by atoms with Crippen molar-refractivity contribution in [1.82, 2.24) is 14.6 Å². The molecule has 3 N–H and O–H groups in total. The van der Waals surface area contributed by atoms with Crippen LogP contribution in [0.15, 0.2) is 65.7 Å². The van der Waals surface area contributed by atoms with E-state index in [2.05, 4.69) is 10.3 Å². The highest BCUT2D eigenvalue weighted by Gasteiger charge is 2.44. The van der Waals surface area contributed by atoms with Gasteiger partial charge in [0, 0.05) is 42.5 Å². The molecule has 0 saturated carbocycles. The third-order valence-corrected chi connectivity index (χ3v) is 8.29. The molecule has 0 radical (unpaired) electrons. The van der Waals surface area contributed by atoms with Crippen LogP contribution in [0.5, 0.6) is 0 Å². The van der Waals surface area contributed by atoms with Crippen molar-refractivity contribution in [3.05, 3.63) is 66.4 Å². The molecule has 0 bridgehead atoms. The maximum atomic E-state index is 14.3. The number of ether oxygens (including phenoxy) is 3. The fourth-order valence-corrected chi connectivity index (χ4v) is 5.93. The molecule has 40 heavy (non-hydrogen) atoms. The highest BCUT2D eigenvalue weighted by Crippen LogP contribution is 2.33. The number of alkyl carbamates (subject to hydrolysis) is 1. The molecule has 2 saturated heterocycles. The number of benzene rings is 2. The summed E-state index contributed by atoms with van der Waals surface area (Å²) >= 11 is 0. The van der Waals surface area contributed by atoms with Crippen LogP contribution in [0, 0.1) is 11.8 Å². The summed E-state index contributed by atoms with van der Waals surface area (Å²) in [5.74, 6) is -5.16. The number of carbonyl (C=O) groups excluding carboxylic acids is 1. The number of aromatic nitrogens is 1. The van der Waals surface area contributed by atoms with Crippen LogP contribution in [0.2, 0.25) is 0 Å². The maximum Gasteiger partial charge on any atom is 0.407 e. The maximum absolute atomic E-state index is 14.3. The Bertz CT molecular complexity index is 1860. The number of H-pyrrole nitrogens is 1. The number of nitrogens with zero attached hydrogens (tertiary/aromatic N) is 1. The second-order valence-electron chi connectivity index (χ2n) is 9.37. The first kappa shape index (κ1) is 17.1. The monoisotopic (exact) mass is 583 g/mol. The Morgan fingerprint density at radius 3 is 2.95 bits per heavy atom. The predicted octanol–water partition coefficient (Wildman–Crippen LogP) is 3.27. The normalized spacial score (nSPS) is 31.2. The highest BCUT2D eigenvalue weighted by molar-refractivity contribution is 7.89. The third kappa shape index (κ3) is 6.50. The Hall–Kier alpha value is -2.96. The molecule has 1 amide bonds. The van der Waals surface area contributed by atoms with Crippen LogP contribution in [0.3, 0.4) is 0 Å². The number of sulfonamides is 1. The van der Waals surface area contributed by atoms with E-state index in [0.717, 1.165) is 12.1 Å². The molecule has 216 valence electrons. The molecule has 1 aromatic heterocycles. The lowest BCUT2D eigenvalue weighted by Gasteiger charge is -2.31. The van der Waals surface area contributed by atoms with Crippen molar-refractivity contribution >= 4 is 27.0 Å². The Morgan fingerprint density at radius 2 is 2.15 bits per heavy atom. The van der Waals surface area contributed by atoms with Crippen molar-refractivity contribution in [2.75, 3.05) is 26.2 Å². The molecule has 11 heteroatoms. The van der Waals surface area contributed by atoms with Crippen LogP contribution >= 0.6 is 0 Å². The van der Waals surface area contributed by atoms with E-state index in [1.165, 1.54) is 18.3 Å². The van der Waals surface area contributed by atoms with Gasteiger partial charge in [-0.1, -0.05) is 44.0 Å². The summed E-state index contributed by atoms with van der Waals surface area (Å²) in [5, 5.41) is 14.3. The molecule has 0 spiro atoms. The Morgan fingerprint density at radius 1 is 1.32 bits per heavy atom. The number of carbonyl (C=O) groups is 1. The minimum absolute atomic E-state index is 0.0969. The number of aliphatic hydroxyl groups is 1. The predicted molar refractivity (Wildman–Crippen MR) is 149 cm³/mol. The van der Waals surface area contributed by atoms with Gasteiger partial charge in [-0.25, -0.2) is 13.2 Å². The number of rotatable bonds is 11. The van der Waals surface area contributed by atoms with Gasteiger partial charge in [0.2, 0.25) is 10.0 Å². The van der Waals surface area contributed by atoms with Crippen LogP contribution in [-0.2, 0) is 30.7 Å². The molecule has 2 fully saturated rings. The number of aliphatic hydroxyl groups excluding tert-OH is 1. The average molecular weight is 584 g/mol. The van der Waals surface area contributed by atoms with E-state index >= 15 is 0 Å². The summed E-state index contributed by atoms with van der Waals surface area (Å²) < 4.78 is 143. The smallest absolute Gasteiger partial charge is 0.407 e. The zero-order chi connectivity index (χ0) is 38.7. The second kappa shape index (κ2) is 12.3. The standard InChI is InChI=1S/C29H37N3O7S/c1-19(2)16-32(40(35,36)22-8-9-24-21(15-22)10-12-30-24)17-26(33)25(14-20-6-4-3-5-7-20)31-29(34)39-27-18-38-28-23(27)11-13-37-28/h3-10,12,15,19,23,25-28,30,33H,11,13-14,16-18H2,1-2H3,(H,31,34)/t23-,25-,26+,27-,28+/m0/s1/i1D3,2D3,16D2,18D2,19D,27D. The number of amides is 1. The lowest BCUT2D eigenvalue weighted by Crippen LogP contribution is -2.51. The minimum Gasteiger partial charge on any atom is -0.443 e. The van der Waals surface area contributed by atoms with Crippen molar-refractivity contribution in [2.45, 2.75) is 56.0 Å². The van der Waals surface area contributed by atoms with Crippen LogP contribution in [0.4, 0.5) is 4.79 Å². The van der Waals surface area contributed by atoms with Gasteiger partial charge in [0.05, 0.1) is 40.2 Å². The minimum atomic E-state index is -5.30. The summed E-state index contributed by atoms with van der Waals surface area (Å²) in [7, 11) is -5.30. The second-order valence-corrected chi connectivity index (χ2v) is 11.2. The van der Waals surface area contributed by atoms with Gasteiger partial charge in [0.1, 0.15) is 6.08 Å². The van der Waals surface area contributed by atoms with Crippen molar-refractivity contribution < 1.29 is 49.0 Å². The molecular formula is C29H37N3O7S. The van der Waals surface area contributed by atoms with Gasteiger partial charge >= 0.3 is 6.09 Å². The molecular weight excluding hydrogens is 534 g/mol. The molecule has 3 heterocycles. The Kier molecular flexibility index (Phi) is 5.25. The lowest BCUT2D eigenvalue weighted by atomic mass is 10.0. The number of hydrogen-bond acceptors (Lipinski definition) is 7. The van der Waals surface area contributed by atoms with Crippen LogP contribution < -0.4 is 5.32 Å². The molecule has 5 rings (SSSR count). The van der Waals surface area contributed by atoms with Gasteiger partial charge in [-0.15, -0.1) is 0 Å².